The second-order valence-corrected chi connectivity index (χ2v) is 7.55. The number of nitrogens with zero attached hydrogens (tertiary/aromatic N) is 4. The number of rotatable bonds is 6. The van der Waals surface area contributed by atoms with Gasteiger partial charge < -0.3 is 19.5 Å². The van der Waals surface area contributed by atoms with Crippen molar-refractivity contribution in [3.05, 3.63) is 47.0 Å². The number of aromatic nitrogens is 3. The van der Waals surface area contributed by atoms with E-state index in [9.17, 15) is 18.0 Å². The summed E-state index contributed by atoms with van der Waals surface area (Å²) in [6, 6.07) is 4.81. The summed E-state index contributed by atoms with van der Waals surface area (Å²) < 4.78 is 47.1. The van der Waals surface area contributed by atoms with Crippen molar-refractivity contribution in [2.45, 2.75) is 44.6 Å². The Balaban J connectivity index is 1.55. The van der Waals surface area contributed by atoms with Gasteiger partial charge in [0.05, 0.1) is 31.4 Å². The first-order chi connectivity index (χ1) is 14.4. The van der Waals surface area contributed by atoms with Crippen molar-refractivity contribution in [1.82, 2.24) is 25.0 Å². The standard InChI is InChI=1S/C20H24F3N5O2/c21-20(22,23)15-4-1-3-14(11-15)16(13-27-7-2-5-19(27)29)24-12-18-26-25-17-6-9-30-10-8-28(17)18/h1,3-4,11,16,24H,2,5-10,12-13H2. The van der Waals surface area contributed by atoms with Crippen molar-refractivity contribution >= 4 is 5.91 Å². The maximum absolute atomic E-state index is 13.2. The van der Waals surface area contributed by atoms with Gasteiger partial charge in [-0.2, -0.15) is 13.2 Å². The number of likely N-dealkylation sites (tertiary alicyclic amines) is 1. The highest BCUT2D eigenvalue weighted by Crippen LogP contribution is 2.31. The molecule has 0 bridgehead atoms. The number of carbonyl (C=O) groups excluding carboxylic acids is 1. The van der Waals surface area contributed by atoms with Gasteiger partial charge >= 0.3 is 6.18 Å². The Bertz CT molecular complexity index is 899. The van der Waals surface area contributed by atoms with E-state index in [-0.39, 0.29) is 5.91 Å². The molecule has 4 rings (SSSR count). The number of ether oxygens (including phenoxy) is 1. The molecule has 0 saturated carbocycles. The van der Waals surface area contributed by atoms with Crippen molar-refractivity contribution in [1.29, 1.82) is 0 Å². The van der Waals surface area contributed by atoms with Gasteiger partial charge in [0, 0.05) is 32.5 Å². The van der Waals surface area contributed by atoms with Crippen LogP contribution in [0, 0.1) is 0 Å². The molecule has 0 spiro atoms. The Kier molecular flexibility index (Phi) is 6.05. The van der Waals surface area contributed by atoms with Gasteiger partial charge in [-0.15, -0.1) is 10.2 Å². The van der Waals surface area contributed by atoms with Gasteiger partial charge in [0.2, 0.25) is 5.91 Å². The number of amides is 1. The number of hydrogen-bond acceptors (Lipinski definition) is 5. The van der Waals surface area contributed by atoms with E-state index in [0.717, 1.165) is 24.4 Å². The zero-order valence-corrected chi connectivity index (χ0v) is 16.5. The van der Waals surface area contributed by atoms with Crippen molar-refractivity contribution in [2.24, 2.45) is 0 Å². The summed E-state index contributed by atoms with van der Waals surface area (Å²) in [5.41, 5.74) is -0.212. The molecule has 1 saturated heterocycles. The van der Waals surface area contributed by atoms with Crippen molar-refractivity contribution in [3.63, 3.8) is 0 Å². The van der Waals surface area contributed by atoms with Gasteiger partial charge in [0.15, 0.2) is 0 Å². The molecule has 2 aromatic rings. The predicted molar refractivity (Wildman–Crippen MR) is 101 cm³/mol. The molecule has 2 aliphatic heterocycles. The van der Waals surface area contributed by atoms with Gasteiger partial charge in [-0.25, -0.2) is 0 Å². The molecule has 1 aromatic carbocycles. The minimum atomic E-state index is -4.42. The fourth-order valence-corrected chi connectivity index (χ4v) is 3.92. The molecule has 10 heteroatoms. The van der Waals surface area contributed by atoms with E-state index in [2.05, 4.69) is 15.5 Å². The summed E-state index contributed by atoms with van der Waals surface area (Å²) in [6.07, 6.45) is -2.50. The Labute approximate surface area is 172 Å². The van der Waals surface area contributed by atoms with Crippen LogP contribution in [0.3, 0.4) is 0 Å². The molecule has 3 heterocycles. The number of fused-ring (bicyclic) bond motifs is 1. The first kappa shape index (κ1) is 20.8. The smallest absolute Gasteiger partial charge is 0.379 e. The molecule has 1 aromatic heterocycles. The van der Waals surface area contributed by atoms with E-state index in [4.69, 9.17) is 4.74 Å². The molecule has 30 heavy (non-hydrogen) atoms. The molecular formula is C20H24F3N5O2. The molecule has 7 nitrogen and oxygen atoms in total. The predicted octanol–water partition coefficient (Wildman–Crippen LogP) is 2.32. The third-order valence-electron chi connectivity index (χ3n) is 5.53. The van der Waals surface area contributed by atoms with E-state index in [1.165, 1.54) is 6.07 Å². The highest BCUT2D eigenvalue weighted by molar-refractivity contribution is 5.78. The SMILES string of the molecule is O=C1CCCN1CC(NCc1nnc2n1CCOCC2)c1cccc(C(F)(F)F)c1. The van der Waals surface area contributed by atoms with Crippen LogP contribution in [0.5, 0.6) is 0 Å². The average Bonchev–Trinajstić information content (AvgIpc) is 3.22. The minimum Gasteiger partial charge on any atom is -0.379 e. The van der Waals surface area contributed by atoms with Crippen LogP contribution >= 0.6 is 0 Å². The van der Waals surface area contributed by atoms with Crippen LogP contribution in [0.25, 0.3) is 0 Å². The molecule has 162 valence electrons. The molecule has 2 aliphatic rings. The zero-order chi connectivity index (χ0) is 21.1. The lowest BCUT2D eigenvalue weighted by Gasteiger charge is -2.26. The van der Waals surface area contributed by atoms with Crippen molar-refractivity contribution in [2.75, 3.05) is 26.3 Å². The number of nitrogens with one attached hydrogen (secondary N) is 1. The summed E-state index contributed by atoms with van der Waals surface area (Å²) in [7, 11) is 0. The third-order valence-corrected chi connectivity index (χ3v) is 5.53. The maximum Gasteiger partial charge on any atom is 0.416 e. The normalized spacial score (nSPS) is 18.4. The Morgan fingerprint density at radius 2 is 2.03 bits per heavy atom. The van der Waals surface area contributed by atoms with E-state index in [1.807, 2.05) is 4.57 Å². The van der Waals surface area contributed by atoms with Crippen LogP contribution in [0.4, 0.5) is 13.2 Å². The lowest BCUT2D eigenvalue weighted by molar-refractivity contribution is -0.137. The summed E-state index contributed by atoms with van der Waals surface area (Å²) in [5.74, 6) is 1.58. The fourth-order valence-electron chi connectivity index (χ4n) is 3.92. The highest BCUT2D eigenvalue weighted by atomic mass is 19.4. The Morgan fingerprint density at radius 1 is 1.17 bits per heavy atom. The largest absolute Gasteiger partial charge is 0.416 e. The maximum atomic E-state index is 13.2. The van der Waals surface area contributed by atoms with Crippen LogP contribution in [0.2, 0.25) is 0 Å². The van der Waals surface area contributed by atoms with Crippen molar-refractivity contribution in [3.8, 4) is 0 Å². The quantitative estimate of drug-likeness (QED) is 0.772. The number of carbonyl (C=O) groups is 1. The summed E-state index contributed by atoms with van der Waals surface area (Å²) in [5, 5.41) is 11.8. The lowest BCUT2D eigenvalue weighted by atomic mass is 10.0. The molecule has 1 atom stereocenters. The van der Waals surface area contributed by atoms with Crippen LogP contribution < -0.4 is 5.32 Å². The van der Waals surface area contributed by atoms with E-state index in [1.54, 1.807) is 11.0 Å². The Hall–Kier alpha value is -2.46. The van der Waals surface area contributed by atoms with Gasteiger partial charge in [0.25, 0.3) is 0 Å². The van der Waals surface area contributed by atoms with Gasteiger partial charge in [0.1, 0.15) is 11.6 Å². The molecule has 1 N–H and O–H groups in total. The van der Waals surface area contributed by atoms with Crippen molar-refractivity contribution < 1.29 is 22.7 Å². The van der Waals surface area contributed by atoms with Gasteiger partial charge in [-0.05, 0) is 24.1 Å². The summed E-state index contributed by atoms with van der Waals surface area (Å²) >= 11 is 0. The second kappa shape index (κ2) is 8.73. The third kappa shape index (κ3) is 4.65. The first-order valence-electron chi connectivity index (χ1n) is 10.1. The molecule has 0 aliphatic carbocycles. The monoisotopic (exact) mass is 423 g/mol. The lowest BCUT2D eigenvalue weighted by Crippen LogP contribution is -2.36. The zero-order valence-electron chi connectivity index (χ0n) is 16.5. The fraction of sp³-hybridized carbons (Fsp3) is 0.550. The number of alkyl halides is 3. The Morgan fingerprint density at radius 3 is 2.80 bits per heavy atom. The van der Waals surface area contributed by atoms with E-state index < -0.39 is 17.8 Å². The van der Waals surface area contributed by atoms with Crippen LogP contribution in [0.1, 0.15) is 41.7 Å². The van der Waals surface area contributed by atoms with E-state index in [0.29, 0.717) is 63.6 Å². The van der Waals surface area contributed by atoms with Crippen LogP contribution in [-0.2, 0) is 35.2 Å². The number of halogens is 3. The molecule has 0 radical (unpaired) electrons. The molecule has 1 amide bonds. The minimum absolute atomic E-state index is 0.0299. The van der Waals surface area contributed by atoms with Crippen LogP contribution in [0.15, 0.2) is 24.3 Å². The first-order valence-corrected chi connectivity index (χ1v) is 10.1. The number of hydrogen-bond donors (Lipinski definition) is 1. The molecular weight excluding hydrogens is 399 g/mol. The summed E-state index contributed by atoms with van der Waals surface area (Å²) in [6.45, 7) is 3.05. The molecule has 1 unspecified atom stereocenters. The average molecular weight is 423 g/mol. The van der Waals surface area contributed by atoms with Gasteiger partial charge in [-0.1, -0.05) is 12.1 Å². The molecule has 1 fully saturated rings. The highest BCUT2D eigenvalue weighted by Gasteiger charge is 2.32. The van der Waals surface area contributed by atoms with Gasteiger partial charge in [-0.3, -0.25) is 4.79 Å². The second-order valence-electron chi connectivity index (χ2n) is 7.55. The summed E-state index contributed by atoms with van der Waals surface area (Å²) in [4.78, 5) is 13.8. The van der Waals surface area contributed by atoms with Crippen LogP contribution in [-0.4, -0.2) is 51.9 Å². The number of benzene rings is 1. The van der Waals surface area contributed by atoms with E-state index >= 15 is 0 Å². The topological polar surface area (TPSA) is 72.3 Å².